The molecule has 0 bridgehead atoms. The monoisotopic (exact) mass is 366 g/mol. The summed E-state index contributed by atoms with van der Waals surface area (Å²) in [5.41, 5.74) is 2.94. The van der Waals surface area contributed by atoms with E-state index < -0.39 is 6.23 Å². The van der Waals surface area contributed by atoms with Gasteiger partial charge in [-0.2, -0.15) is 4.98 Å². The van der Waals surface area contributed by atoms with Gasteiger partial charge in [-0.05, 0) is 24.6 Å². The van der Waals surface area contributed by atoms with Crippen LogP contribution in [0.1, 0.15) is 25.1 Å². The van der Waals surface area contributed by atoms with E-state index in [1.807, 2.05) is 36.4 Å². The average Bonchev–Trinajstić information content (AvgIpc) is 2.83. The van der Waals surface area contributed by atoms with Gasteiger partial charge >= 0.3 is 0 Å². The Balaban J connectivity index is 1.81. The topological polar surface area (TPSA) is 80.2 Å². The summed E-state index contributed by atoms with van der Waals surface area (Å²) < 4.78 is 6.13. The highest BCUT2D eigenvalue weighted by Crippen LogP contribution is 2.40. The van der Waals surface area contributed by atoms with Crippen LogP contribution in [0.15, 0.2) is 53.7 Å². The number of aromatic nitrogens is 3. The number of phenolic OH excluding ortho intramolecular Hbond substituents is 1. The van der Waals surface area contributed by atoms with Crippen molar-refractivity contribution in [1.29, 1.82) is 0 Å². The van der Waals surface area contributed by atoms with E-state index in [-0.39, 0.29) is 5.75 Å². The van der Waals surface area contributed by atoms with Crippen LogP contribution in [0.2, 0.25) is 0 Å². The van der Waals surface area contributed by atoms with Crippen molar-refractivity contribution < 1.29 is 9.84 Å². The molecule has 3 aromatic rings. The van der Waals surface area contributed by atoms with Gasteiger partial charge in [-0.1, -0.05) is 49.0 Å². The number of anilines is 1. The van der Waals surface area contributed by atoms with E-state index in [0.29, 0.717) is 22.3 Å². The summed E-state index contributed by atoms with van der Waals surface area (Å²) in [5.74, 6) is 1.48. The van der Waals surface area contributed by atoms with Crippen molar-refractivity contribution in [1.82, 2.24) is 15.2 Å². The molecule has 0 amide bonds. The molecule has 7 heteroatoms. The number of phenols is 1. The highest BCUT2D eigenvalue weighted by Gasteiger charge is 2.27. The summed E-state index contributed by atoms with van der Waals surface area (Å²) in [4.78, 5) is 4.56. The first-order chi connectivity index (χ1) is 12.8. The van der Waals surface area contributed by atoms with Crippen molar-refractivity contribution in [3.05, 3.63) is 54.1 Å². The second kappa shape index (κ2) is 7.21. The number of rotatable bonds is 4. The fourth-order valence-corrected chi connectivity index (χ4v) is 3.38. The predicted molar refractivity (Wildman–Crippen MR) is 101 cm³/mol. The van der Waals surface area contributed by atoms with Crippen LogP contribution in [-0.2, 0) is 0 Å². The number of para-hydroxylation sites is 2. The van der Waals surface area contributed by atoms with Crippen molar-refractivity contribution in [2.45, 2.75) is 24.7 Å². The van der Waals surface area contributed by atoms with Gasteiger partial charge < -0.3 is 15.2 Å². The zero-order valence-corrected chi connectivity index (χ0v) is 15.0. The number of fused-ring (bicyclic) bond motifs is 3. The van der Waals surface area contributed by atoms with Gasteiger partial charge in [0.1, 0.15) is 5.75 Å². The van der Waals surface area contributed by atoms with Gasteiger partial charge in [0.15, 0.2) is 5.69 Å². The summed E-state index contributed by atoms with van der Waals surface area (Å²) in [6, 6.07) is 14.9. The van der Waals surface area contributed by atoms with E-state index in [1.54, 1.807) is 23.9 Å². The van der Waals surface area contributed by atoms with Gasteiger partial charge in [0.2, 0.25) is 17.3 Å². The first kappa shape index (κ1) is 16.7. The van der Waals surface area contributed by atoms with Crippen molar-refractivity contribution >= 4 is 17.4 Å². The molecule has 0 saturated heterocycles. The molecule has 2 heterocycles. The van der Waals surface area contributed by atoms with Gasteiger partial charge in [-0.15, -0.1) is 10.2 Å². The lowest BCUT2D eigenvalue weighted by molar-refractivity contribution is 0.220. The molecule has 1 aromatic heterocycles. The fourth-order valence-electron chi connectivity index (χ4n) is 2.75. The van der Waals surface area contributed by atoms with Gasteiger partial charge in [0, 0.05) is 17.0 Å². The molecule has 1 aliphatic rings. The van der Waals surface area contributed by atoms with E-state index >= 15 is 0 Å². The minimum atomic E-state index is -0.584. The number of nitrogens with zero attached hydrogens (tertiary/aromatic N) is 3. The lowest BCUT2D eigenvalue weighted by Gasteiger charge is -2.20. The Morgan fingerprint density at radius 3 is 2.77 bits per heavy atom. The molecule has 26 heavy (non-hydrogen) atoms. The first-order valence-electron chi connectivity index (χ1n) is 8.44. The molecule has 0 saturated carbocycles. The molecule has 0 fully saturated rings. The summed E-state index contributed by atoms with van der Waals surface area (Å²) in [7, 11) is 0. The van der Waals surface area contributed by atoms with E-state index in [9.17, 15) is 5.11 Å². The van der Waals surface area contributed by atoms with E-state index in [1.165, 1.54) is 0 Å². The van der Waals surface area contributed by atoms with Crippen LogP contribution in [0.3, 0.4) is 0 Å². The lowest BCUT2D eigenvalue weighted by Crippen LogP contribution is -2.17. The van der Waals surface area contributed by atoms with Crippen molar-refractivity contribution in [3.8, 4) is 22.9 Å². The average molecular weight is 366 g/mol. The van der Waals surface area contributed by atoms with Crippen molar-refractivity contribution in [2.24, 2.45) is 0 Å². The standard InChI is InChI=1S/C19H18N4O2S/c1-2-11-26-19-21-18-16(22-23-19)12-7-3-5-9-14(12)20-17(25-18)13-8-4-6-10-15(13)24/h3-10,17,20,24H,2,11H2,1H3/t17-/m0/s1. The zero-order chi connectivity index (χ0) is 17.9. The molecule has 0 radical (unpaired) electrons. The summed E-state index contributed by atoms with van der Waals surface area (Å²) >= 11 is 1.55. The molecule has 0 unspecified atom stereocenters. The third-order valence-electron chi connectivity index (χ3n) is 3.99. The maximum absolute atomic E-state index is 10.2. The molecule has 4 rings (SSSR count). The lowest BCUT2D eigenvalue weighted by atomic mass is 10.1. The molecule has 1 atom stereocenters. The van der Waals surface area contributed by atoms with E-state index in [0.717, 1.165) is 23.4 Å². The third-order valence-corrected chi connectivity index (χ3v) is 5.03. The number of ether oxygens (including phenoxy) is 1. The number of hydrogen-bond acceptors (Lipinski definition) is 7. The smallest absolute Gasteiger partial charge is 0.247 e. The molecule has 2 aromatic carbocycles. The summed E-state index contributed by atoms with van der Waals surface area (Å²) in [6.45, 7) is 2.11. The molecule has 0 spiro atoms. The number of hydrogen-bond donors (Lipinski definition) is 2. The van der Waals surface area contributed by atoms with Gasteiger partial charge in [-0.25, -0.2) is 0 Å². The van der Waals surface area contributed by atoms with Crippen LogP contribution in [0.5, 0.6) is 11.6 Å². The zero-order valence-electron chi connectivity index (χ0n) is 14.2. The van der Waals surface area contributed by atoms with Crippen LogP contribution < -0.4 is 10.1 Å². The molecule has 6 nitrogen and oxygen atoms in total. The van der Waals surface area contributed by atoms with E-state index in [2.05, 4.69) is 27.4 Å². The number of benzene rings is 2. The molecule has 132 valence electrons. The molecule has 0 aliphatic carbocycles. The quantitative estimate of drug-likeness (QED) is 0.668. The van der Waals surface area contributed by atoms with Crippen molar-refractivity contribution in [3.63, 3.8) is 0 Å². The molecular weight excluding hydrogens is 348 g/mol. The molecular formula is C19H18N4O2S. The highest BCUT2D eigenvalue weighted by molar-refractivity contribution is 7.99. The Bertz CT molecular complexity index is 935. The second-order valence-electron chi connectivity index (χ2n) is 5.84. The second-order valence-corrected chi connectivity index (χ2v) is 6.91. The van der Waals surface area contributed by atoms with Crippen LogP contribution in [-0.4, -0.2) is 26.0 Å². The Kier molecular flexibility index (Phi) is 4.62. The van der Waals surface area contributed by atoms with Crippen LogP contribution in [0, 0.1) is 0 Å². The fraction of sp³-hybridized carbons (Fsp3) is 0.211. The predicted octanol–water partition coefficient (Wildman–Crippen LogP) is 4.25. The number of thioether (sulfide) groups is 1. The highest BCUT2D eigenvalue weighted by atomic mass is 32.2. The van der Waals surface area contributed by atoms with Gasteiger partial charge in [0.25, 0.3) is 0 Å². The van der Waals surface area contributed by atoms with Crippen molar-refractivity contribution in [2.75, 3.05) is 11.1 Å². The molecule has 2 N–H and O–H groups in total. The van der Waals surface area contributed by atoms with Crippen LogP contribution >= 0.6 is 11.8 Å². The van der Waals surface area contributed by atoms with Crippen LogP contribution in [0.25, 0.3) is 11.3 Å². The Morgan fingerprint density at radius 1 is 1.12 bits per heavy atom. The van der Waals surface area contributed by atoms with Gasteiger partial charge in [-0.3, -0.25) is 0 Å². The summed E-state index contributed by atoms with van der Waals surface area (Å²) in [5, 5.41) is 22.8. The third kappa shape index (κ3) is 3.17. The Labute approximate surface area is 155 Å². The summed E-state index contributed by atoms with van der Waals surface area (Å²) in [6.07, 6.45) is 0.441. The first-order valence-corrected chi connectivity index (χ1v) is 9.43. The SMILES string of the molecule is CCCSc1nnc2c(n1)O[C@@H](c1ccccc1O)Nc1ccccc1-2. The normalized spacial score (nSPS) is 15.2. The maximum atomic E-state index is 10.2. The Morgan fingerprint density at radius 2 is 1.92 bits per heavy atom. The minimum absolute atomic E-state index is 0.161. The largest absolute Gasteiger partial charge is 0.507 e. The van der Waals surface area contributed by atoms with E-state index in [4.69, 9.17) is 4.74 Å². The number of nitrogens with one attached hydrogen (secondary N) is 1. The van der Waals surface area contributed by atoms with Crippen LogP contribution in [0.4, 0.5) is 5.69 Å². The molecule has 1 aliphatic heterocycles. The van der Waals surface area contributed by atoms with Gasteiger partial charge in [0.05, 0.1) is 5.56 Å². The number of aromatic hydroxyl groups is 1. The minimum Gasteiger partial charge on any atom is -0.507 e. The Hall–Kier alpha value is -2.80. The maximum Gasteiger partial charge on any atom is 0.247 e.